The lowest BCUT2D eigenvalue weighted by atomic mass is 10.1. The van der Waals surface area contributed by atoms with Crippen molar-refractivity contribution in [3.8, 4) is 11.5 Å². The van der Waals surface area contributed by atoms with Gasteiger partial charge in [0.15, 0.2) is 0 Å². The first-order valence-electron chi connectivity index (χ1n) is 8.55. The summed E-state index contributed by atoms with van der Waals surface area (Å²) >= 11 is 0. The van der Waals surface area contributed by atoms with Gasteiger partial charge < -0.3 is 14.1 Å². The molecule has 0 N–H and O–H groups in total. The summed E-state index contributed by atoms with van der Waals surface area (Å²) in [7, 11) is 2.07. The predicted octanol–water partition coefficient (Wildman–Crippen LogP) is 3.29. The van der Waals surface area contributed by atoms with Crippen molar-refractivity contribution in [2.24, 2.45) is 0 Å². The summed E-state index contributed by atoms with van der Waals surface area (Å²) in [5, 5.41) is 9.53. The first kappa shape index (κ1) is 16.2. The Morgan fingerprint density at radius 1 is 1.12 bits per heavy atom. The number of aromatic nitrogens is 3. The van der Waals surface area contributed by atoms with Crippen LogP contribution in [0.15, 0.2) is 28.7 Å². The van der Waals surface area contributed by atoms with Crippen LogP contribution in [-0.4, -0.2) is 46.3 Å². The highest BCUT2D eigenvalue weighted by atomic mass is 16.5. The number of benzene rings is 1. The Labute approximate surface area is 146 Å². The largest absolute Gasteiger partial charge is 0.418 e. The fraction of sp³-hybridized carbons (Fsp3) is 0.421. The Kier molecular flexibility index (Phi) is 4.01. The standard InChI is InChI=1S/C19H22N4O2/c1-11-5-6-14-8-15(13(3)20-16(14)7-11)18-21-22-19(25-18)17-10-23(4)9-12(2)24-17/h5-8,12,17H,9-10H2,1-4H3/t12-,17-/m1/s1. The number of aryl methyl sites for hydroxylation is 2. The molecule has 1 aliphatic rings. The molecule has 3 aromatic rings. The lowest BCUT2D eigenvalue weighted by molar-refractivity contribution is -0.0821. The van der Waals surface area contributed by atoms with Crippen LogP contribution in [0, 0.1) is 13.8 Å². The van der Waals surface area contributed by atoms with Gasteiger partial charge in [-0.2, -0.15) is 0 Å². The molecular weight excluding hydrogens is 316 g/mol. The fourth-order valence-electron chi connectivity index (χ4n) is 3.36. The van der Waals surface area contributed by atoms with Gasteiger partial charge in [-0.3, -0.25) is 4.98 Å². The molecule has 130 valence electrons. The van der Waals surface area contributed by atoms with Crippen LogP contribution < -0.4 is 0 Å². The van der Waals surface area contributed by atoms with Crippen molar-refractivity contribution in [3.05, 3.63) is 41.4 Å². The van der Waals surface area contributed by atoms with Crippen LogP contribution >= 0.6 is 0 Å². The molecule has 0 bridgehead atoms. The van der Waals surface area contributed by atoms with Crippen molar-refractivity contribution < 1.29 is 9.15 Å². The van der Waals surface area contributed by atoms with Gasteiger partial charge in [-0.25, -0.2) is 0 Å². The molecule has 6 heteroatoms. The third-order valence-corrected chi connectivity index (χ3v) is 4.55. The van der Waals surface area contributed by atoms with E-state index in [1.165, 1.54) is 5.56 Å². The number of rotatable bonds is 2. The van der Waals surface area contributed by atoms with E-state index in [4.69, 9.17) is 14.1 Å². The molecule has 1 aromatic carbocycles. The second-order valence-corrected chi connectivity index (χ2v) is 6.92. The van der Waals surface area contributed by atoms with Crippen LogP contribution in [0.4, 0.5) is 0 Å². The predicted molar refractivity (Wildman–Crippen MR) is 95.3 cm³/mol. The number of ether oxygens (including phenoxy) is 1. The summed E-state index contributed by atoms with van der Waals surface area (Å²) in [5.41, 5.74) is 3.92. The SMILES string of the molecule is Cc1ccc2cc(-c3nnc([C@H]4CN(C)C[C@@H](C)O4)o3)c(C)nc2c1. The summed E-state index contributed by atoms with van der Waals surface area (Å²) in [4.78, 5) is 6.91. The zero-order chi connectivity index (χ0) is 17.6. The molecule has 4 rings (SSSR count). The molecule has 0 unspecified atom stereocenters. The second-order valence-electron chi connectivity index (χ2n) is 6.92. The normalized spacial score (nSPS) is 21.8. The van der Waals surface area contributed by atoms with Gasteiger partial charge in [0, 0.05) is 18.5 Å². The Balaban J connectivity index is 1.69. The van der Waals surface area contributed by atoms with E-state index < -0.39 is 0 Å². The molecule has 1 saturated heterocycles. The maximum absolute atomic E-state index is 5.95. The Morgan fingerprint density at radius 3 is 2.76 bits per heavy atom. The third-order valence-electron chi connectivity index (χ3n) is 4.55. The number of hydrogen-bond donors (Lipinski definition) is 0. The molecule has 25 heavy (non-hydrogen) atoms. The molecule has 0 saturated carbocycles. The van der Waals surface area contributed by atoms with Gasteiger partial charge >= 0.3 is 0 Å². The van der Waals surface area contributed by atoms with Gasteiger partial charge in [-0.1, -0.05) is 12.1 Å². The first-order chi connectivity index (χ1) is 12.0. The summed E-state index contributed by atoms with van der Waals surface area (Å²) in [6.45, 7) is 7.74. The molecule has 6 nitrogen and oxygen atoms in total. The molecule has 0 radical (unpaired) electrons. The maximum Gasteiger partial charge on any atom is 0.249 e. The Bertz CT molecular complexity index is 911. The number of morpholine rings is 1. The minimum atomic E-state index is -0.189. The minimum Gasteiger partial charge on any atom is -0.418 e. The van der Waals surface area contributed by atoms with Crippen molar-refractivity contribution in [3.63, 3.8) is 0 Å². The van der Waals surface area contributed by atoms with Crippen LogP contribution in [0.25, 0.3) is 22.4 Å². The zero-order valence-corrected chi connectivity index (χ0v) is 15.0. The fourth-order valence-corrected chi connectivity index (χ4v) is 3.36. The highest BCUT2D eigenvalue weighted by Crippen LogP contribution is 2.29. The van der Waals surface area contributed by atoms with Crippen LogP contribution in [-0.2, 0) is 4.74 Å². The molecule has 0 aliphatic carbocycles. The van der Waals surface area contributed by atoms with E-state index in [0.29, 0.717) is 11.8 Å². The van der Waals surface area contributed by atoms with Crippen LogP contribution in [0.3, 0.4) is 0 Å². The first-order valence-corrected chi connectivity index (χ1v) is 8.55. The molecule has 0 amide bonds. The molecule has 3 heterocycles. The van der Waals surface area contributed by atoms with Gasteiger partial charge in [0.1, 0.15) is 6.10 Å². The van der Waals surface area contributed by atoms with Gasteiger partial charge in [0.2, 0.25) is 11.8 Å². The van der Waals surface area contributed by atoms with Crippen LogP contribution in [0.1, 0.15) is 30.2 Å². The highest BCUT2D eigenvalue weighted by molar-refractivity contribution is 5.83. The van der Waals surface area contributed by atoms with Gasteiger partial charge in [-0.05, 0) is 45.5 Å². The molecule has 1 fully saturated rings. The quantitative estimate of drug-likeness (QED) is 0.714. The average Bonchev–Trinajstić information content (AvgIpc) is 3.03. The van der Waals surface area contributed by atoms with E-state index in [9.17, 15) is 0 Å². The van der Waals surface area contributed by atoms with E-state index in [2.05, 4.69) is 60.3 Å². The van der Waals surface area contributed by atoms with E-state index in [1.807, 2.05) is 6.92 Å². The van der Waals surface area contributed by atoms with Gasteiger partial charge in [-0.15, -0.1) is 10.2 Å². The van der Waals surface area contributed by atoms with E-state index in [-0.39, 0.29) is 12.2 Å². The topological polar surface area (TPSA) is 64.3 Å². The molecule has 1 aliphatic heterocycles. The second kappa shape index (κ2) is 6.20. The molecule has 2 aromatic heterocycles. The molecular formula is C19H22N4O2. The number of pyridine rings is 1. The van der Waals surface area contributed by atoms with E-state index in [0.717, 1.165) is 35.2 Å². The van der Waals surface area contributed by atoms with Crippen molar-refractivity contribution in [1.29, 1.82) is 0 Å². The van der Waals surface area contributed by atoms with Crippen molar-refractivity contribution in [2.45, 2.75) is 33.0 Å². The number of likely N-dealkylation sites (N-methyl/N-ethyl adjacent to an activating group) is 1. The maximum atomic E-state index is 5.95. The third kappa shape index (κ3) is 3.15. The monoisotopic (exact) mass is 338 g/mol. The number of hydrogen-bond acceptors (Lipinski definition) is 6. The lowest BCUT2D eigenvalue weighted by Gasteiger charge is -2.32. The highest BCUT2D eigenvalue weighted by Gasteiger charge is 2.29. The van der Waals surface area contributed by atoms with Crippen LogP contribution in [0.2, 0.25) is 0 Å². The van der Waals surface area contributed by atoms with Gasteiger partial charge in [0.05, 0.1) is 22.9 Å². The summed E-state index contributed by atoms with van der Waals surface area (Å²) in [5.74, 6) is 1.02. The van der Waals surface area contributed by atoms with Crippen molar-refractivity contribution in [2.75, 3.05) is 20.1 Å². The summed E-state index contributed by atoms with van der Waals surface area (Å²) < 4.78 is 11.9. The van der Waals surface area contributed by atoms with E-state index in [1.54, 1.807) is 0 Å². The Morgan fingerprint density at radius 2 is 1.96 bits per heavy atom. The van der Waals surface area contributed by atoms with Crippen molar-refractivity contribution >= 4 is 10.9 Å². The van der Waals surface area contributed by atoms with Crippen LogP contribution in [0.5, 0.6) is 0 Å². The minimum absolute atomic E-state index is 0.145. The molecule has 0 spiro atoms. The summed E-state index contributed by atoms with van der Waals surface area (Å²) in [6, 6.07) is 8.29. The Hall–Kier alpha value is -2.31. The lowest BCUT2D eigenvalue weighted by Crippen LogP contribution is -2.40. The van der Waals surface area contributed by atoms with Gasteiger partial charge in [0.25, 0.3) is 0 Å². The molecule has 2 atom stereocenters. The summed E-state index contributed by atoms with van der Waals surface area (Å²) in [6.07, 6.45) is -0.0437. The number of nitrogens with zero attached hydrogens (tertiary/aromatic N) is 4. The van der Waals surface area contributed by atoms with Crippen molar-refractivity contribution in [1.82, 2.24) is 20.1 Å². The average molecular weight is 338 g/mol. The number of fused-ring (bicyclic) bond motifs is 1. The zero-order valence-electron chi connectivity index (χ0n) is 15.0. The van der Waals surface area contributed by atoms with E-state index >= 15 is 0 Å². The smallest absolute Gasteiger partial charge is 0.249 e.